The van der Waals surface area contributed by atoms with Gasteiger partial charge < -0.3 is 5.32 Å². The average Bonchev–Trinajstić information content (AvgIpc) is 2.41. The van der Waals surface area contributed by atoms with Crippen molar-refractivity contribution >= 4 is 11.5 Å². The smallest absolute Gasteiger partial charge is 0.311 e. The van der Waals surface area contributed by atoms with E-state index in [1.54, 1.807) is 12.3 Å². The highest BCUT2D eigenvalue weighted by Gasteiger charge is 2.24. The van der Waals surface area contributed by atoms with E-state index >= 15 is 0 Å². The van der Waals surface area contributed by atoms with Crippen LogP contribution in [0.4, 0.5) is 11.5 Å². The Morgan fingerprint density at radius 1 is 1.53 bits per heavy atom. The Morgan fingerprint density at radius 3 is 3.00 bits per heavy atom. The summed E-state index contributed by atoms with van der Waals surface area (Å²) in [5.74, 6) is 1.15. The molecule has 0 aliphatic heterocycles. The van der Waals surface area contributed by atoms with Crippen LogP contribution in [0, 0.1) is 23.0 Å². The molecular formula is C14H21N3O2. The van der Waals surface area contributed by atoms with E-state index < -0.39 is 0 Å². The average molecular weight is 263 g/mol. The van der Waals surface area contributed by atoms with E-state index in [1.165, 1.54) is 19.3 Å². The highest BCUT2D eigenvalue weighted by atomic mass is 16.6. The predicted molar refractivity (Wildman–Crippen MR) is 75.3 cm³/mol. The Balaban J connectivity index is 2.12. The molecular weight excluding hydrogens is 242 g/mol. The second-order valence-corrected chi connectivity index (χ2v) is 5.42. The van der Waals surface area contributed by atoms with Crippen molar-refractivity contribution in [1.82, 2.24) is 4.98 Å². The number of pyridine rings is 1. The minimum absolute atomic E-state index is 0.0821. The van der Waals surface area contributed by atoms with Gasteiger partial charge >= 0.3 is 5.69 Å². The molecule has 0 amide bonds. The van der Waals surface area contributed by atoms with Gasteiger partial charge in [0.15, 0.2) is 0 Å². The highest BCUT2D eigenvalue weighted by Crippen LogP contribution is 2.30. The van der Waals surface area contributed by atoms with Gasteiger partial charge in [-0.2, -0.15) is 0 Å². The first-order chi connectivity index (χ1) is 9.10. The number of nitrogens with zero attached hydrogens (tertiary/aromatic N) is 2. The van der Waals surface area contributed by atoms with Crippen molar-refractivity contribution in [2.24, 2.45) is 5.92 Å². The highest BCUT2D eigenvalue weighted by molar-refractivity contribution is 5.57. The maximum Gasteiger partial charge on any atom is 0.311 e. The molecule has 5 heteroatoms. The second-order valence-electron chi connectivity index (χ2n) is 5.42. The molecule has 1 aromatic rings. The number of anilines is 1. The summed E-state index contributed by atoms with van der Waals surface area (Å²) in [6, 6.07) is 1.89. The first-order valence-electron chi connectivity index (χ1n) is 6.97. The molecule has 104 valence electrons. The Morgan fingerprint density at radius 2 is 2.32 bits per heavy atom. The van der Waals surface area contributed by atoms with Crippen molar-refractivity contribution in [1.29, 1.82) is 0 Å². The molecule has 1 aromatic heterocycles. The molecule has 0 bridgehead atoms. The number of hydrogen-bond donors (Lipinski definition) is 1. The molecule has 2 rings (SSSR count). The second kappa shape index (κ2) is 5.99. The largest absolute Gasteiger partial charge is 0.362 e. The van der Waals surface area contributed by atoms with Crippen LogP contribution in [0.3, 0.4) is 0 Å². The molecule has 2 unspecified atom stereocenters. The lowest BCUT2D eigenvalue weighted by Gasteiger charge is -2.29. The zero-order valence-corrected chi connectivity index (χ0v) is 11.6. The van der Waals surface area contributed by atoms with E-state index in [2.05, 4.69) is 17.2 Å². The van der Waals surface area contributed by atoms with Gasteiger partial charge in [-0.05, 0) is 31.2 Å². The summed E-state index contributed by atoms with van der Waals surface area (Å²) in [7, 11) is 0. The summed E-state index contributed by atoms with van der Waals surface area (Å²) in [5, 5.41) is 14.3. The fourth-order valence-corrected chi connectivity index (χ4v) is 2.79. The Kier molecular flexibility index (Phi) is 4.35. The van der Waals surface area contributed by atoms with Gasteiger partial charge in [-0.1, -0.05) is 26.2 Å². The minimum Gasteiger partial charge on any atom is -0.362 e. The molecule has 1 saturated carbocycles. The van der Waals surface area contributed by atoms with E-state index in [0.717, 1.165) is 24.3 Å². The predicted octanol–water partition coefficient (Wildman–Crippen LogP) is 3.68. The topological polar surface area (TPSA) is 68.1 Å². The van der Waals surface area contributed by atoms with Crippen LogP contribution >= 0.6 is 0 Å². The van der Waals surface area contributed by atoms with Crippen LogP contribution in [0.15, 0.2) is 12.3 Å². The third-order valence-corrected chi connectivity index (χ3v) is 3.90. The fourth-order valence-electron chi connectivity index (χ4n) is 2.79. The monoisotopic (exact) mass is 263 g/mol. The molecule has 1 heterocycles. The summed E-state index contributed by atoms with van der Waals surface area (Å²) in [5.41, 5.74) is 0.894. The Hall–Kier alpha value is -1.65. The molecule has 2 atom stereocenters. The van der Waals surface area contributed by atoms with E-state index in [-0.39, 0.29) is 10.6 Å². The van der Waals surface area contributed by atoms with Crippen molar-refractivity contribution in [3.8, 4) is 0 Å². The third-order valence-electron chi connectivity index (χ3n) is 3.90. The van der Waals surface area contributed by atoms with Crippen LogP contribution in [0.2, 0.25) is 0 Å². The van der Waals surface area contributed by atoms with E-state index in [9.17, 15) is 10.1 Å². The quantitative estimate of drug-likeness (QED) is 0.664. The Bertz CT molecular complexity index is 462. The standard InChI is InChI=1S/C14H21N3O2/c1-3-11-5-4-6-12(8-11)16-14-13(17(18)19)7-10(2)9-15-14/h7,9,11-12H,3-6,8H2,1-2H3,(H,15,16). The number of aromatic nitrogens is 1. The van der Waals surface area contributed by atoms with Crippen molar-refractivity contribution in [2.75, 3.05) is 5.32 Å². The summed E-state index contributed by atoms with van der Waals surface area (Å²) in [6.07, 6.45) is 7.48. The molecule has 1 aliphatic carbocycles. The van der Waals surface area contributed by atoms with Gasteiger partial charge in [-0.15, -0.1) is 0 Å². The molecule has 1 N–H and O–H groups in total. The maximum atomic E-state index is 11.1. The van der Waals surface area contributed by atoms with Gasteiger partial charge in [0, 0.05) is 18.3 Å². The molecule has 0 aromatic carbocycles. The van der Waals surface area contributed by atoms with Crippen LogP contribution in [0.5, 0.6) is 0 Å². The van der Waals surface area contributed by atoms with Gasteiger partial charge in [-0.3, -0.25) is 10.1 Å². The van der Waals surface area contributed by atoms with E-state index in [0.29, 0.717) is 11.9 Å². The third kappa shape index (κ3) is 3.43. The van der Waals surface area contributed by atoms with Crippen molar-refractivity contribution < 1.29 is 4.92 Å². The van der Waals surface area contributed by atoms with E-state index in [1.807, 2.05) is 6.92 Å². The SMILES string of the molecule is CCC1CCCC(Nc2ncc(C)cc2[N+](=O)[O-])C1. The minimum atomic E-state index is -0.359. The van der Waals surface area contributed by atoms with Crippen LogP contribution in [0.1, 0.15) is 44.6 Å². The first-order valence-corrected chi connectivity index (χ1v) is 6.97. The summed E-state index contributed by atoms with van der Waals surface area (Å²) in [4.78, 5) is 14.9. The zero-order valence-electron chi connectivity index (χ0n) is 11.6. The molecule has 0 spiro atoms. The zero-order chi connectivity index (χ0) is 13.8. The summed E-state index contributed by atoms with van der Waals surface area (Å²) >= 11 is 0. The number of rotatable bonds is 4. The lowest BCUT2D eigenvalue weighted by molar-refractivity contribution is -0.384. The van der Waals surface area contributed by atoms with Crippen LogP contribution in [0.25, 0.3) is 0 Å². The molecule has 0 saturated heterocycles. The van der Waals surface area contributed by atoms with Gasteiger partial charge in [-0.25, -0.2) is 4.98 Å². The summed E-state index contributed by atoms with van der Waals surface area (Å²) in [6.45, 7) is 4.02. The van der Waals surface area contributed by atoms with Gasteiger partial charge in [0.1, 0.15) is 0 Å². The van der Waals surface area contributed by atoms with E-state index in [4.69, 9.17) is 0 Å². The van der Waals surface area contributed by atoms with Gasteiger partial charge in [0.05, 0.1) is 4.92 Å². The lowest BCUT2D eigenvalue weighted by atomic mass is 9.84. The van der Waals surface area contributed by atoms with Crippen LogP contribution in [-0.2, 0) is 0 Å². The number of aryl methyl sites for hydroxylation is 1. The maximum absolute atomic E-state index is 11.1. The molecule has 1 fully saturated rings. The van der Waals surface area contributed by atoms with Crippen molar-refractivity contribution in [3.63, 3.8) is 0 Å². The Labute approximate surface area is 113 Å². The number of nitrogens with one attached hydrogen (secondary N) is 1. The fraction of sp³-hybridized carbons (Fsp3) is 0.643. The van der Waals surface area contributed by atoms with Crippen molar-refractivity contribution in [3.05, 3.63) is 27.9 Å². The van der Waals surface area contributed by atoms with Gasteiger partial charge in [0.2, 0.25) is 5.82 Å². The summed E-state index contributed by atoms with van der Waals surface area (Å²) < 4.78 is 0. The molecule has 1 aliphatic rings. The van der Waals surface area contributed by atoms with Crippen LogP contribution < -0.4 is 5.32 Å². The molecule has 19 heavy (non-hydrogen) atoms. The molecule has 5 nitrogen and oxygen atoms in total. The van der Waals surface area contributed by atoms with Gasteiger partial charge in [0.25, 0.3) is 0 Å². The van der Waals surface area contributed by atoms with Crippen molar-refractivity contribution in [2.45, 2.75) is 52.0 Å². The van der Waals surface area contributed by atoms with Crippen LogP contribution in [-0.4, -0.2) is 15.9 Å². The first kappa shape index (κ1) is 13.8. The lowest BCUT2D eigenvalue weighted by Crippen LogP contribution is -2.27. The number of hydrogen-bond acceptors (Lipinski definition) is 4. The molecule has 0 radical (unpaired) electrons. The normalized spacial score (nSPS) is 23.1. The number of nitro groups is 1.